The van der Waals surface area contributed by atoms with Crippen LogP contribution in [0.3, 0.4) is 0 Å². The first kappa shape index (κ1) is 15.4. The van der Waals surface area contributed by atoms with Gasteiger partial charge in [-0.1, -0.05) is 23.7 Å². The second-order valence-corrected chi connectivity index (χ2v) is 6.42. The summed E-state index contributed by atoms with van der Waals surface area (Å²) in [6.45, 7) is 3.93. The number of aryl methyl sites for hydroxylation is 1. The molecule has 2 aromatic rings. The standard InChI is InChI=1S/C15H20ClN3S/c1-11-15(20-10-18-11)9-19(2)7-6-14(17)12-4-3-5-13(16)8-12/h3-5,8,10,14H,6-7,9,17H2,1-2H3. The van der Waals surface area contributed by atoms with Gasteiger partial charge in [0.1, 0.15) is 0 Å². The highest BCUT2D eigenvalue weighted by Crippen LogP contribution is 2.19. The molecule has 0 saturated heterocycles. The molecule has 0 fully saturated rings. The summed E-state index contributed by atoms with van der Waals surface area (Å²) in [4.78, 5) is 7.88. The maximum atomic E-state index is 6.22. The molecule has 1 aromatic carbocycles. The van der Waals surface area contributed by atoms with Crippen molar-refractivity contribution in [3.8, 4) is 0 Å². The van der Waals surface area contributed by atoms with E-state index < -0.39 is 0 Å². The summed E-state index contributed by atoms with van der Waals surface area (Å²) in [6, 6.07) is 7.82. The summed E-state index contributed by atoms with van der Waals surface area (Å²) in [5, 5.41) is 0.742. The number of hydrogen-bond donors (Lipinski definition) is 1. The Labute approximate surface area is 129 Å². The van der Waals surface area contributed by atoms with Gasteiger partial charge in [0.05, 0.1) is 11.2 Å². The van der Waals surface area contributed by atoms with Crippen molar-refractivity contribution >= 4 is 22.9 Å². The Morgan fingerprint density at radius 2 is 2.25 bits per heavy atom. The van der Waals surface area contributed by atoms with Crippen LogP contribution in [0.4, 0.5) is 0 Å². The minimum absolute atomic E-state index is 0.0266. The summed E-state index contributed by atoms with van der Waals surface area (Å²) < 4.78 is 0. The van der Waals surface area contributed by atoms with Crippen LogP contribution in [-0.4, -0.2) is 23.5 Å². The smallest absolute Gasteiger partial charge is 0.0798 e. The van der Waals surface area contributed by atoms with Crippen LogP contribution in [0.1, 0.15) is 28.6 Å². The zero-order valence-electron chi connectivity index (χ0n) is 11.8. The van der Waals surface area contributed by atoms with Crippen molar-refractivity contribution in [1.82, 2.24) is 9.88 Å². The number of halogens is 1. The molecule has 1 heterocycles. The molecule has 1 aromatic heterocycles. The van der Waals surface area contributed by atoms with E-state index in [1.165, 1.54) is 4.88 Å². The largest absolute Gasteiger partial charge is 0.324 e. The Balaban J connectivity index is 1.84. The van der Waals surface area contributed by atoms with Crippen molar-refractivity contribution in [3.05, 3.63) is 50.9 Å². The molecule has 0 saturated carbocycles. The zero-order chi connectivity index (χ0) is 14.5. The van der Waals surface area contributed by atoms with Crippen molar-refractivity contribution in [2.75, 3.05) is 13.6 Å². The Hall–Kier alpha value is -0.940. The minimum Gasteiger partial charge on any atom is -0.324 e. The van der Waals surface area contributed by atoms with Crippen LogP contribution in [0, 0.1) is 6.92 Å². The average Bonchev–Trinajstić information content (AvgIpc) is 2.81. The van der Waals surface area contributed by atoms with Gasteiger partial charge < -0.3 is 10.6 Å². The molecule has 0 aliphatic heterocycles. The van der Waals surface area contributed by atoms with Gasteiger partial charge in [-0.2, -0.15) is 0 Å². The van der Waals surface area contributed by atoms with Crippen molar-refractivity contribution in [2.24, 2.45) is 5.73 Å². The monoisotopic (exact) mass is 309 g/mol. The maximum absolute atomic E-state index is 6.22. The molecule has 5 heteroatoms. The number of aromatic nitrogens is 1. The highest BCUT2D eigenvalue weighted by molar-refractivity contribution is 7.09. The molecule has 108 valence electrons. The molecule has 2 rings (SSSR count). The summed E-state index contributed by atoms with van der Waals surface area (Å²) in [5.41, 5.74) is 10.3. The summed E-state index contributed by atoms with van der Waals surface area (Å²) >= 11 is 7.70. The van der Waals surface area contributed by atoms with E-state index >= 15 is 0 Å². The van der Waals surface area contributed by atoms with Gasteiger partial charge in [0, 0.05) is 29.0 Å². The number of nitrogens with zero attached hydrogens (tertiary/aromatic N) is 2. The van der Waals surface area contributed by atoms with Crippen molar-refractivity contribution < 1.29 is 0 Å². The van der Waals surface area contributed by atoms with Gasteiger partial charge in [-0.25, -0.2) is 4.98 Å². The van der Waals surface area contributed by atoms with Crippen molar-refractivity contribution in [3.63, 3.8) is 0 Å². The summed E-state index contributed by atoms with van der Waals surface area (Å²) in [5.74, 6) is 0. The molecule has 20 heavy (non-hydrogen) atoms. The van der Waals surface area contributed by atoms with Crippen LogP contribution >= 0.6 is 22.9 Å². The minimum atomic E-state index is 0.0266. The number of thiazole rings is 1. The lowest BCUT2D eigenvalue weighted by molar-refractivity contribution is 0.313. The third-order valence-corrected chi connectivity index (χ3v) is 4.51. The predicted octanol–water partition coefficient (Wildman–Crippen LogP) is 3.63. The van der Waals surface area contributed by atoms with Crippen LogP contribution in [0.5, 0.6) is 0 Å². The van der Waals surface area contributed by atoms with E-state index in [0.717, 1.165) is 35.8 Å². The Bertz CT molecular complexity index is 556. The van der Waals surface area contributed by atoms with Gasteiger partial charge in [0.25, 0.3) is 0 Å². The fourth-order valence-electron chi connectivity index (χ4n) is 2.07. The van der Waals surface area contributed by atoms with Gasteiger partial charge in [-0.05, 0) is 38.1 Å². The zero-order valence-corrected chi connectivity index (χ0v) is 13.4. The van der Waals surface area contributed by atoms with E-state index in [1.54, 1.807) is 11.3 Å². The third-order valence-electron chi connectivity index (χ3n) is 3.36. The lowest BCUT2D eigenvalue weighted by atomic mass is 10.0. The fraction of sp³-hybridized carbons (Fsp3) is 0.400. The van der Waals surface area contributed by atoms with E-state index in [2.05, 4.69) is 23.9 Å². The van der Waals surface area contributed by atoms with Crippen LogP contribution in [0.2, 0.25) is 5.02 Å². The molecule has 0 bridgehead atoms. The van der Waals surface area contributed by atoms with Crippen LogP contribution in [-0.2, 0) is 6.54 Å². The highest BCUT2D eigenvalue weighted by atomic mass is 35.5. The normalized spacial score (nSPS) is 12.8. The van der Waals surface area contributed by atoms with Crippen LogP contribution in [0.15, 0.2) is 29.8 Å². The Morgan fingerprint density at radius 3 is 2.90 bits per heavy atom. The number of hydrogen-bond acceptors (Lipinski definition) is 4. The Kier molecular flexibility index (Phi) is 5.54. The average molecular weight is 310 g/mol. The number of nitrogens with two attached hydrogens (primary N) is 1. The fourth-order valence-corrected chi connectivity index (χ4v) is 3.12. The molecular formula is C15H20ClN3S. The molecular weight excluding hydrogens is 290 g/mol. The first-order valence-corrected chi connectivity index (χ1v) is 7.90. The van der Waals surface area contributed by atoms with E-state index in [4.69, 9.17) is 17.3 Å². The Morgan fingerprint density at radius 1 is 1.45 bits per heavy atom. The molecule has 0 radical (unpaired) electrons. The lowest BCUT2D eigenvalue weighted by Gasteiger charge is -2.19. The summed E-state index contributed by atoms with van der Waals surface area (Å²) in [6.07, 6.45) is 0.911. The van der Waals surface area contributed by atoms with Crippen LogP contribution < -0.4 is 5.73 Å². The molecule has 0 spiro atoms. The van der Waals surface area contributed by atoms with Gasteiger partial charge >= 0.3 is 0 Å². The predicted molar refractivity (Wildman–Crippen MR) is 86.2 cm³/mol. The van der Waals surface area contributed by atoms with Gasteiger partial charge in [-0.3, -0.25) is 0 Å². The topological polar surface area (TPSA) is 42.2 Å². The molecule has 0 amide bonds. The number of benzene rings is 1. The number of rotatable bonds is 6. The summed E-state index contributed by atoms with van der Waals surface area (Å²) in [7, 11) is 2.11. The molecule has 3 nitrogen and oxygen atoms in total. The molecule has 0 aliphatic carbocycles. The molecule has 1 unspecified atom stereocenters. The van der Waals surface area contributed by atoms with Gasteiger partial charge in [-0.15, -0.1) is 11.3 Å². The quantitative estimate of drug-likeness (QED) is 0.886. The molecule has 1 atom stereocenters. The van der Waals surface area contributed by atoms with E-state index in [0.29, 0.717) is 0 Å². The first-order chi connectivity index (χ1) is 9.56. The molecule has 0 aliphatic rings. The first-order valence-electron chi connectivity index (χ1n) is 6.65. The SMILES string of the molecule is Cc1ncsc1CN(C)CCC(N)c1cccc(Cl)c1. The second-order valence-electron chi connectivity index (χ2n) is 5.05. The van der Waals surface area contributed by atoms with Crippen LogP contribution in [0.25, 0.3) is 0 Å². The third kappa shape index (κ3) is 4.28. The maximum Gasteiger partial charge on any atom is 0.0798 e. The molecule has 2 N–H and O–H groups in total. The van der Waals surface area contributed by atoms with E-state index in [1.807, 2.05) is 29.8 Å². The second kappa shape index (κ2) is 7.18. The lowest BCUT2D eigenvalue weighted by Crippen LogP contribution is -2.23. The van der Waals surface area contributed by atoms with E-state index in [-0.39, 0.29) is 6.04 Å². The van der Waals surface area contributed by atoms with Crippen molar-refractivity contribution in [2.45, 2.75) is 25.9 Å². The van der Waals surface area contributed by atoms with Gasteiger partial charge in [0.2, 0.25) is 0 Å². The van der Waals surface area contributed by atoms with Gasteiger partial charge in [0.15, 0.2) is 0 Å². The highest BCUT2D eigenvalue weighted by Gasteiger charge is 2.10. The van der Waals surface area contributed by atoms with E-state index in [9.17, 15) is 0 Å². The van der Waals surface area contributed by atoms with Crippen molar-refractivity contribution in [1.29, 1.82) is 0 Å².